The van der Waals surface area contributed by atoms with Gasteiger partial charge < -0.3 is 16.1 Å². The first-order chi connectivity index (χ1) is 3.63. The van der Waals surface area contributed by atoms with E-state index in [0.29, 0.717) is 6.42 Å². The van der Waals surface area contributed by atoms with Crippen LogP contribution in [0.3, 0.4) is 0 Å². The molecule has 4 N–H and O–H groups in total. The van der Waals surface area contributed by atoms with Crippen molar-refractivity contribution in [2.45, 2.75) is 24.6 Å². The quantitative estimate of drug-likeness (QED) is 0.676. The van der Waals surface area contributed by atoms with Crippen molar-refractivity contribution in [1.82, 2.24) is 6.15 Å². The van der Waals surface area contributed by atoms with E-state index >= 15 is 0 Å². The van der Waals surface area contributed by atoms with Gasteiger partial charge in [0.15, 0.2) is 0 Å². The Labute approximate surface area is 63.2 Å². The SMILES string of the molecule is CC(Br)CCC(=O)[O-].[NH4+]. The molecule has 1 atom stereocenters. The monoisotopic (exact) mass is 197 g/mol. The first kappa shape index (κ1) is 11.7. The zero-order valence-electron chi connectivity index (χ0n) is 5.69. The summed E-state index contributed by atoms with van der Waals surface area (Å²) in [5.74, 6) is -0.976. The van der Waals surface area contributed by atoms with Gasteiger partial charge in [0.1, 0.15) is 0 Å². The topological polar surface area (TPSA) is 76.6 Å². The smallest absolute Gasteiger partial charge is 0.0414 e. The minimum atomic E-state index is -0.976. The Bertz CT molecular complexity index is 85.0. The Balaban J connectivity index is 0. The van der Waals surface area contributed by atoms with Gasteiger partial charge in [0.05, 0.1) is 0 Å². The Morgan fingerprint density at radius 1 is 1.78 bits per heavy atom. The summed E-state index contributed by atoms with van der Waals surface area (Å²) in [5.41, 5.74) is 0. The molecule has 0 bridgehead atoms. The van der Waals surface area contributed by atoms with E-state index in [2.05, 4.69) is 15.9 Å². The fourth-order valence-electron chi connectivity index (χ4n) is 0.317. The van der Waals surface area contributed by atoms with Gasteiger partial charge in [-0.1, -0.05) is 22.9 Å². The second-order valence-corrected chi connectivity index (χ2v) is 3.25. The van der Waals surface area contributed by atoms with Crippen LogP contribution in [0.1, 0.15) is 19.8 Å². The number of aliphatic carboxylic acids is 1. The number of carbonyl (C=O) groups is 1. The number of hydrogen-bond donors (Lipinski definition) is 1. The molecule has 56 valence electrons. The van der Waals surface area contributed by atoms with Crippen molar-refractivity contribution in [1.29, 1.82) is 0 Å². The van der Waals surface area contributed by atoms with E-state index in [-0.39, 0.29) is 17.4 Å². The van der Waals surface area contributed by atoms with Gasteiger partial charge in [-0.2, -0.15) is 0 Å². The maximum absolute atomic E-state index is 9.77. The number of alkyl halides is 1. The van der Waals surface area contributed by atoms with Crippen LogP contribution in [-0.4, -0.2) is 10.8 Å². The lowest BCUT2D eigenvalue weighted by Crippen LogP contribution is -2.22. The van der Waals surface area contributed by atoms with Crippen molar-refractivity contribution in [3.05, 3.63) is 0 Å². The molecule has 0 aliphatic heterocycles. The number of rotatable bonds is 3. The first-order valence-electron chi connectivity index (χ1n) is 2.47. The Kier molecular flexibility index (Phi) is 7.83. The largest absolute Gasteiger partial charge is 0.550 e. The average molecular weight is 198 g/mol. The first-order valence-corrected chi connectivity index (χ1v) is 3.38. The van der Waals surface area contributed by atoms with Gasteiger partial charge in [-0.25, -0.2) is 0 Å². The highest BCUT2D eigenvalue weighted by atomic mass is 79.9. The van der Waals surface area contributed by atoms with E-state index in [1.165, 1.54) is 0 Å². The summed E-state index contributed by atoms with van der Waals surface area (Å²) in [7, 11) is 0. The summed E-state index contributed by atoms with van der Waals surface area (Å²) in [6.07, 6.45) is 0.786. The van der Waals surface area contributed by atoms with E-state index in [9.17, 15) is 9.90 Å². The predicted octanol–water partition coefficient (Wildman–Crippen LogP) is 0.676. The second kappa shape index (κ2) is 6.04. The van der Waals surface area contributed by atoms with Gasteiger partial charge >= 0.3 is 0 Å². The van der Waals surface area contributed by atoms with E-state index in [1.54, 1.807) is 0 Å². The normalized spacial score (nSPS) is 11.8. The molecule has 0 aromatic heterocycles. The zero-order chi connectivity index (χ0) is 6.57. The highest BCUT2D eigenvalue weighted by Crippen LogP contribution is 2.04. The number of carbonyl (C=O) groups excluding carboxylic acids is 1. The Morgan fingerprint density at radius 2 is 2.22 bits per heavy atom. The molecule has 1 unspecified atom stereocenters. The molecule has 0 radical (unpaired) electrons. The number of carboxylic acid groups (broad SMARTS) is 1. The molecule has 0 aliphatic carbocycles. The predicted molar refractivity (Wildman–Crippen MR) is 38.6 cm³/mol. The van der Waals surface area contributed by atoms with Crippen LogP contribution in [0.4, 0.5) is 0 Å². The molecule has 0 aliphatic rings. The van der Waals surface area contributed by atoms with Gasteiger partial charge in [0.25, 0.3) is 0 Å². The molecule has 0 saturated heterocycles. The highest BCUT2D eigenvalue weighted by Gasteiger charge is 1.93. The average Bonchev–Trinajstić information content (AvgIpc) is 1.61. The fraction of sp³-hybridized carbons (Fsp3) is 0.800. The maximum Gasteiger partial charge on any atom is 0.0414 e. The standard InChI is InChI=1S/C5H9BrO2.H3N/c1-4(6)2-3-5(7)8;/h4H,2-3H2,1H3,(H,7,8);1H3. The minimum Gasteiger partial charge on any atom is -0.550 e. The summed E-state index contributed by atoms with van der Waals surface area (Å²) >= 11 is 3.21. The molecule has 0 aromatic carbocycles. The van der Waals surface area contributed by atoms with Gasteiger partial charge in [-0.05, 0) is 12.8 Å². The van der Waals surface area contributed by atoms with Gasteiger partial charge in [-0.3, -0.25) is 0 Å². The highest BCUT2D eigenvalue weighted by molar-refractivity contribution is 9.09. The molecule has 0 aromatic rings. The van der Waals surface area contributed by atoms with Crippen LogP contribution in [0.15, 0.2) is 0 Å². The van der Waals surface area contributed by atoms with Crippen molar-refractivity contribution >= 4 is 21.9 Å². The van der Waals surface area contributed by atoms with Crippen LogP contribution in [-0.2, 0) is 4.79 Å². The van der Waals surface area contributed by atoms with Crippen LogP contribution in [0.25, 0.3) is 0 Å². The van der Waals surface area contributed by atoms with Crippen LogP contribution >= 0.6 is 15.9 Å². The van der Waals surface area contributed by atoms with Crippen molar-refractivity contribution in [3.8, 4) is 0 Å². The minimum absolute atomic E-state index is 0. The molecular weight excluding hydrogens is 186 g/mol. The third-order valence-electron chi connectivity index (χ3n) is 0.746. The molecule has 4 heteroatoms. The lowest BCUT2D eigenvalue weighted by atomic mass is 10.3. The third-order valence-corrected chi connectivity index (χ3v) is 1.20. The lowest BCUT2D eigenvalue weighted by Gasteiger charge is -2.01. The van der Waals surface area contributed by atoms with Crippen LogP contribution in [0.5, 0.6) is 0 Å². The number of carboxylic acids is 1. The van der Waals surface area contributed by atoms with E-state index < -0.39 is 5.97 Å². The van der Waals surface area contributed by atoms with Crippen LogP contribution in [0.2, 0.25) is 0 Å². The molecule has 0 heterocycles. The van der Waals surface area contributed by atoms with E-state index in [1.807, 2.05) is 6.92 Å². The van der Waals surface area contributed by atoms with Crippen molar-refractivity contribution in [3.63, 3.8) is 0 Å². The van der Waals surface area contributed by atoms with E-state index in [0.717, 1.165) is 0 Å². The van der Waals surface area contributed by atoms with Crippen LogP contribution in [0, 0.1) is 0 Å². The number of quaternary nitrogens is 1. The molecule has 0 rings (SSSR count). The molecule has 3 nitrogen and oxygen atoms in total. The number of halogens is 1. The van der Waals surface area contributed by atoms with Crippen molar-refractivity contribution in [2.75, 3.05) is 0 Å². The Morgan fingerprint density at radius 3 is 2.33 bits per heavy atom. The summed E-state index contributed by atoms with van der Waals surface area (Å²) < 4.78 is 0. The lowest BCUT2D eigenvalue weighted by molar-refractivity contribution is -0.305. The number of hydrogen-bond acceptors (Lipinski definition) is 2. The van der Waals surface area contributed by atoms with Crippen molar-refractivity contribution in [2.24, 2.45) is 0 Å². The summed E-state index contributed by atoms with van der Waals surface area (Å²) in [6.45, 7) is 1.91. The molecule has 0 fully saturated rings. The molecule has 0 amide bonds. The van der Waals surface area contributed by atoms with Crippen LogP contribution < -0.4 is 11.3 Å². The molecule has 0 saturated carbocycles. The van der Waals surface area contributed by atoms with E-state index in [4.69, 9.17) is 0 Å². The zero-order valence-corrected chi connectivity index (χ0v) is 7.27. The fourth-order valence-corrected chi connectivity index (χ4v) is 0.546. The summed E-state index contributed by atoms with van der Waals surface area (Å²) in [5, 5.41) is 9.77. The van der Waals surface area contributed by atoms with Gasteiger partial charge in [0, 0.05) is 10.8 Å². The van der Waals surface area contributed by atoms with Gasteiger partial charge in [-0.15, -0.1) is 0 Å². The van der Waals surface area contributed by atoms with Gasteiger partial charge in [0.2, 0.25) is 0 Å². The molecule has 9 heavy (non-hydrogen) atoms. The summed E-state index contributed by atoms with van der Waals surface area (Å²) in [4.78, 5) is 10.0. The van der Waals surface area contributed by atoms with Crippen molar-refractivity contribution < 1.29 is 9.90 Å². The Hall–Kier alpha value is -0.0900. The second-order valence-electron chi connectivity index (χ2n) is 1.69. The molecular formula is C5H12BrNO2. The maximum atomic E-state index is 9.77. The summed E-state index contributed by atoms with van der Waals surface area (Å²) in [6, 6.07) is 0. The third kappa shape index (κ3) is 11.5. The molecule has 0 spiro atoms.